The SMILES string of the molecule is [B]c1cc2n(n1)C(O)CN(C1CC1)C2=O. The number of β-amino-alcohol motifs (C(OH)–C–C–N with tert-alkyl or cyclic N) is 1. The van der Waals surface area contributed by atoms with Gasteiger partial charge in [-0.05, 0) is 18.9 Å². The summed E-state index contributed by atoms with van der Waals surface area (Å²) in [5, 5.41) is 13.7. The van der Waals surface area contributed by atoms with Crippen LogP contribution in [0.25, 0.3) is 0 Å². The van der Waals surface area contributed by atoms with Crippen LogP contribution in [-0.4, -0.2) is 46.1 Å². The van der Waals surface area contributed by atoms with E-state index in [0.29, 0.717) is 18.3 Å². The molecule has 1 N–H and O–H groups in total. The monoisotopic (exact) mass is 203 g/mol. The summed E-state index contributed by atoms with van der Waals surface area (Å²) in [5.74, 6) is -0.0769. The van der Waals surface area contributed by atoms with E-state index in [1.54, 1.807) is 4.90 Å². The third-order valence-corrected chi connectivity index (χ3v) is 2.86. The summed E-state index contributed by atoms with van der Waals surface area (Å²) in [4.78, 5) is 13.7. The number of aliphatic hydroxyl groups excluding tert-OH is 1. The quantitative estimate of drug-likeness (QED) is 0.582. The van der Waals surface area contributed by atoms with Crippen molar-refractivity contribution < 1.29 is 9.90 Å². The number of hydrogen-bond acceptors (Lipinski definition) is 3. The highest BCUT2D eigenvalue weighted by Gasteiger charge is 2.39. The third kappa shape index (κ3) is 1.28. The molecular weight excluding hydrogens is 193 g/mol. The van der Waals surface area contributed by atoms with E-state index in [1.807, 2.05) is 0 Å². The number of hydrogen-bond donors (Lipinski definition) is 1. The predicted octanol–water partition coefficient (Wildman–Crippen LogP) is -1.21. The predicted molar refractivity (Wildman–Crippen MR) is 52.9 cm³/mol. The number of nitrogens with zero attached hydrogens (tertiary/aromatic N) is 3. The van der Waals surface area contributed by atoms with Crippen molar-refractivity contribution in [2.24, 2.45) is 0 Å². The normalized spacial score (nSPS) is 25.5. The lowest BCUT2D eigenvalue weighted by atomic mass is 10.1. The Hall–Kier alpha value is -1.30. The van der Waals surface area contributed by atoms with Crippen LogP contribution < -0.4 is 5.59 Å². The Kier molecular flexibility index (Phi) is 1.71. The molecule has 2 aliphatic rings. The molecule has 1 amide bonds. The van der Waals surface area contributed by atoms with E-state index in [0.717, 1.165) is 12.8 Å². The van der Waals surface area contributed by atoms with Crippen LogP contribution in [-0.2, 0) is 0 Å². The van der Waals surface area contributed by atoms with Crippen molar-refractivity contribution in [1.82, 2.24) is 14.7 Å². The van der Waals surface area contributed by atoms with Gasteiger partial charge in [0.2, 0.25) is 0 Å². The van der Waals surface area contributed by atoms with E-state index in [4.69, 9.17) is 7.85 Å². The highest BCUT2D eigenvalue weighted by Crippen LogP contribution is 2.31. The summed E-state index contributed by atoms with van der Waals surface area (Å²) < 4.78 is 1.30. The maximum absolute atomic E-state index is 12.0. The minimum Gasteiger partial charge on any atom is -0.370 e. The van der Waals surface area contributed by atoms with E-state index >= 15 is 0 Å². The lowest BCUT2D eigenvalue weighted by Gasteiger charge is -2.30. The van der Waals surface area contributed by atoms with Gasteiger partial charge in [0.1, 0.15) is 13.5 Å². The minimum atomic E-state index is -0.768. The molecule has 5 nitrogen and oxygen atoms in total. The molecule has 1 aromatic heterocycles. The Morgan fingerprint density at radius 3 is 2.93 bits per heavy atom. The number of fused-ring (bicyclic) bond motifs is 1. The molecule has 2 radical (unpaired) electrons. The maximum atomic E-state index is 12.0. The average molecular weight is 203 g/mol. The van der Waals surface area contributed by atoms with Crippen molar-refractivity contribution in [3.8, 4) is 0 Å². The van der Waals surface area contributed by atoms with E-state index in [9.17, 15) is 9.90 Å². The van der Waals surface area contributed by atoms with Gasteiger partial charge in [-0.3, -0.25) is 4.79 Å². The van der Waals surface area contributed by atoms with Crippen LogP contribution in [0.3, 0.4) is 0 Å². The van der Waals surface area contributed by atoms with Crippen LogP contribution in [0.2, 0.25) is 0 Å². The average Bonchev–Trinajstić information content (AvgIpc) is 2.94. The molecule has 1 saturated carbocycles. The molecule has 1 atom stereocenters. The lowest BCUT2D eigenvalue weighted by molar-refractivity contribution is 0.0173. The van der Waals surface area contributed by atoms with Gasteiger partial charge in [0.05, 0.1) is 6.54 Å². The first-order chi connectivity index (χ1) is 7.16. The molecule has 1 aromatic rings. The zero-order valence-electron chi connectivity index (χ0n) is 8.13. The fraction of sp³-hybridized carbons (Fsp3) is 0.556. The number of amides is 1. The standard InChI is InChI=1S/C9H10BN3O2/c10-7-3-6-9(15)12(5-1-2-5)4-8(14)13(6)11-7/h3,5,8,14H,1-2,4H2. The zero-order chi connectivity index (χ0) is 10.6. The van der Waals surface area contributed by atoms with Crippen molar-refractivity contribution in [3.05, 3.63) is 11.8 Å². The molecule has 1 aliphatic heterocycles. The van der Waals surface area contributed by atoms with Crippen LogP contribution in [0.15, 0.2) is 6.07 Å². The second-order valence-electron chi connectivity index (χ2n) is 4.07. The molecule has 2 heterocycles. The number of aliphatic hydroxyl groups is 1. The first-order valence-electron chi connectivity index (χ1n) is 5.01. The van der Waals surface area contributed by atoms with Crippen molar-refractivity contribution in [1.29, 1.82) is 0 Å². The Labute approximate surface area is 88.1 Å². The van der Waals surface area contributed by atoms with Crippen molar-refractivity contribution in [2.75, 3.05) is 6.54 Å². The van der Waals surface area contributed by atoms with E-state index < -0.39 is 6.23 Å². The summed E-state index contributed by atoms with van der Waals surface area (Å²) in [6.07, 6.45) is 1.29. The molecule has 76 valence electrons. The van der Waals surface area contributed by atoms with Crippen LogP contribution >= 0.6 is 0 Å². The summed E-state index contributed by atoms with van der Waals surface area (Å²) >= 11 is 0. The number of carbonyl (C=O) groups is 1. The van der Waals surface area contributed by atoms with Gasteiger partial charge in [-0.25, -0.2) is 4.68 Å². The number of aromatic nitrogens is 2. The van der Waals surface area contributed by atoms with Crippen molar-refractivity contribution in [3.63, 3.8) is 0 Å². The number of carbonyl (C=O) groups excluding carboxylic acids is 1. The van der Waals surface area contributed by atoms with Crippen LogP contribution in [0.1, 0.15) is 29.6 Å². The largest absolute Gasteiger partial charge is 0.370 e. The highest BCUT2D eigenvalue weighted by atomic mass is 16.3. The van der Waals surface area contributed by atoms with Crippen LogP contribution in [0, 0.1) is 0 Å². The van der Waals surface area contributed by atoms with Gasteiger partial charge >= 0.3 is 0 Å². The van der Waals surface area contributed by atoms with Gasteiger partial charge in [-0.1, -0.05) is 0 Å². The molecule has 3 rings (SSSR count). The summed E-state index contributed by atoms with van der Waals surface area (Å²) in [6.45, 7) is 0.317. The minimum absolute atomic E-state index is 0.0769. The van der Waals surface area contributed by atoms with E-state index in [-0.39, 0.29) is 11.5 Å². The molecule has 1 unspecified atom stereocenters. The molecule has 6 heteroatoms. The summed E-state index contributed by atoms with van der Waals surface area (Å²) in [7, 11) is 5.51. The highest BCUT2D eigenvalue weighted by molar-refractivity contribution is 6.31. The molecule has 0 bridgehead atoms. The fourth-order valence-corrected chi connectivity index (χ4v) is 1.98. The van der Waals surface area contributed by atoms with Gasteiger partial charge in [0.15, 0.2) is 6.23 Å². The lowest BCUT2D eigenvalue weighted by Crippen LogP contribution is -2.44. The molecule has 1 fully saturated rings. The van der Waals surface area contributed by atoms with E-state index in [2.05, 4.69) is 5.10 Å². The Balaban J connectivity index is 2.02. The van der Waals surface area contributed by atoms with Gasteiger partial charge in [-0.15, -0.1) is 0 Å². The summed E-state index contributed by atoms with van der Waals surface area (Å²) in [6, 6.07) is 1.82. The van der Waals surface area contributed by atoms with Crippen molar-refractivity contribution >= 4 is 19.3 Å². The van der Waals surface area contributed by atoms with Crippen LogP contribution in [0.5, 0.6) is 0 Å². The zero-order valence-corrected chi connectivity index (χ0v) is 8.13. The fourth-order valence-electron chi connectivity index (χ4n) is 1.98. The second kappa shape index (κ2) is 2.85. The van der Waals surface area contributed by atoms with Gasteiger partial charge in [0.25, 0.3) is 5.91 Å². The first kappa shape index (κ1) is 8.97. The van der Waals surface area contributed by atoms with Crippen LogP contribution in [0.4, 0.5) is 0 Å². The van der Waals surface area contributed by atoms with Crippen molar-refractivity contribution in [2.45, 2.75) is 25.1 Å². The van der Waals surface area contributed by atoms with E-state index in [1.165, 1.54) is 10.7 Å². The molecule has 15 heavy (non-hydrogen) atoms. The van der Waals surface area contributed by atoms with Gasteiger partial charge < -0.3 is 10.0 Å². The molecule has 0 spiro atoms. The molecular formula is C9H10BN3O2. The van der Waals surface area contributed by atoms with Gasteiger partial charge in [0, 0.05) is 11.6 Å². The molecule has 1 aliphatic carbocycles. The first-order valence-corrected chi connectivity index (χ1v) is 5.01. The molecule has 0 saturated heterocycles. The topological polar surface area (TPSA) is 58.4 Å². The summed E-state index contributed by atoms with van der Waals surface area (Å²) in [5.41, 5.74) is 0.660. The Morgan fingerprint density at radius 2 is 2.27 bits per heavy atom. The molecule has 0 aromatic carbocycles. The van der Waals surface area contributed by atoms with Gasteiger partial charge in [-0.2, -0.15) is 5.10 Å². The Morgan fingerprint density at radius 1 is 1.53 bits per heavy atom. The number of rotatable bonds is 1. The Bertz CT molecular complexity index is 427. The maximum Gasteiger partial charge on any atom is 0.272 e. The third-order valence-electron chi connectivity index (χ3n) is 2.86. The smallest absolute Gasteiger partial charge is 0.272 e. The second-order valence-corrected chi connectivity index (χ2v) is 4.07.